The van der Waals surface area contributed by atoms with Crippen molar-refractivity contribution in [2.75, 3.05) is 4.72 Å². The Bertz CT molecular complexity index is 1090. The van der Waals surface area contributed by atoms with Gasteiger partial charge in [0.25, 0.3) is 10.0 Å². The lowest BCUT2D eigenvalue weighted by Gasteiger charge is -2.08. The van der Waals surface area contributed by atoms with Crippen molar-refractivity contribution in [2.24, 2.45) is 0 Å². The van der Waals surface area contributed by atoms with Crippen molar-refractivity contribution < 1.29 is 8.42 Å². The topological polar surface area (TPSA) is 102 Å². The zero-order valence-corrected chi connectivity index (χ0v) is 12.5. The minimum absolute atomic E-state index is 0.0836. The smallest absolute Gasteiger partial charge is 0.264 e. The van der Waals surface area contributed by atoms with Crippen LogP contribution in [-0.2, 0) is 10.0 Å². The fourth-order valence-corrected chi connectivity index (χ4v) is 3.95. The van der Waals surface area contributed by atoms with Crippen LogP contribution in [0.2, 0.25) is 0 Å². The summed E-state index contributed by atoms with van der Waals surface area (Å²) in [6, 6.07) is 8.16. The Morgan fingerprint density at radius 3 is 2.95 bits per heavy atom. The van der Waals surface area contributed by atoms with Crippen LogP contribution < -0.4 is 4.72 Å². The third-order valence-electron chi connectivity index (χ3n) is 3.09. The van der Waals surface area contributed by atoms with E-state index in [0.29, 0.717) is 22.4 Å². The molecule has 0 atom stereocenters. The second kappa shape index (κ2) is 4.71. The van der Waals surface area contributed by atoms with Crippen LogP contribution in [0, 0.1) is 0 Å². The summed E-state index contributed by atoms with van der Waals surface area (Å²) in [7, 11) is -3.81. The number of hydrogen-bond donors (Lipinski definition) is 1. The zero-order chi connectivity index (χ0) is 15.2. The summed E-state index contributed by atoms with van der Waals surface area (Å²) in [5, 5.41) is 3.97. The molecule has 4 rings (SSSR count). The lowest BCUT2D eigenvalue weighted by molar-refractivity contribution is 0.602. The Morgan fingerprint density at radius 2 is 2.05 bits per heavy atom. The van der Waals surface area contributed by atoms with Crippen molar-refractivity contribution in [3.8, 4) is 0 Å². The summed E-state index contributed by atoms with van der Waals surface area (Å²) in [5.74, 6) is 0. The molecule has 0 amide bonds. The number of aromatic nitrogens is 5. The standard InChI is InChI=1S/C12H8N6O2S2/c19-22(20,10-5-1-3-8-11(10)16-21-15-8)17-9-4-2-6-18-12(9)13-7-14-18/h1-7,17H. The lowest BCUT2D eigenvalue weighted by atomic mass is 10.3. The molecule has 0 fully saturated rings. The van der Waals surface area contributed by atoms with Gasteiger partial charge in [0, 0.05) is 6.20 Å². The third kappa shape index (κ3) is 2.00. The normalized spacial score (nSPS) is 12.0. The van der Waals surface area contributed by atoms with Gasteiger partial charge in [-0.05, 0) is 24.3 Å². The second-order valence-electron chi connectivity index (χ2n) is 4.44. The van der Waals surface area contributed by atoms with Gasteiger partial charge in [0.05, 0.1) is 17.4 Å². The average molecular weight is 332 g/mol. The summed E-state index contributed by atoms with van der Waals surface area (Å²) < 4.78 is 37.4. The summed E-state index contributed by atoms with van der Waals surface area (Å²) in [5.41, 5.74) is 1.68. The molecule has 3 aromatic heterocycles. The van der Waals surface area contributed by atoms with Gasteiger partial charge >= 0.3 is 0 Å². The van der Waals surface area contributed by atoms with Gasteiger partial charge in [-0.1, -0.05) is 6.07 Å². The second-order valence-corrected chi connectivity index (χ2v) is 6.62. The van der Waals surface area contributed by atoms with Gasteiger partial charge in [-0.3, -0.25) is 4.72 Å². The summed E-state index contributed by atoms with van der Waals surface area (Å²) in [6.45, 7) is 0. The highest BCUT2D eigenvalue weighted by molar-refractivity contribution is 7.93. The van der Waals surface area contributed by atoms with Crippen LogP contribution >= 0.6 is 11.7 Å². The van der Waals surface area contributed by atoms with Gasteiger partial charge in [-0.25, -0.2) is 17.9 Å². The minimum atomic E-state index is -3.81. The van der Waals surface area contributed by atoms with Gasteiger partial charge < -0.3 is 0 Å². The Hall–Kier alpha value is -2.59. The van der Waals surface area contributed by atoms with Gasteiger partial charge in [0.1, 0.15) is 22.3 Å². The molecule has 0 bridgehead atoms. The number of nitrogens with one attached hydrogen (secondary N) is 1. The molecular weight excluding hydrogens is 324 g/mol. The van der Waals surface area contributed by atoms with Crippen molar-refractivity contribution in [3.63, 3.8) is 0 Å². The first-order valence-corrected chi connectivity index (χ1v) is 8.39. The van der Waals surface area contributed by atoms with E-state index in [0.717, 1.165) is 11.7 Å². The van der Waals surface area contributed by atoms with E-state index in [9.17, 15) is 8.42 Å². The molecule has 3 heterocycles. The van der Waals surface area contributed by atoms with E-state index < -0.39 is 10.0 Å². The predicted octanol–water partition coefficient (Wildman–Crippen LogP) is 1.53. The zero-order valence-electron chi connectivity index (χ0n) is 10.9. The fraction of sp³-hybridized carbons (Fsp3) is 0. The highest BCUT2D eigenvalue weighted by atomic mass is 32.2. The molecule has 0 saturated carbocycles. The molecule has 1 aromatic carbocycles. The SMILES string of the molecule is O=S(=O)(Nc1cccn2ncnc12)c1cccc2nsnc12. The van der Waals surface area contributed by atoms with Crippen LogP contribution in [0.5, 0.6) is 0 Å². The first-order chi connectivity index (χ1) is 10.6. The van der Waals surface area contributed by atoms with E-state index in [2.05, 4.69) is 23.6 Å². The van der Waals surface area contributed by atoms with E-state index in [1.165, 1.54) is 16.9 Å². The molecule has 0 unspecified atom stereocenters. The number of pyridine rings is 1. The van der Waals surface area contributed by atoms with Crippen LogP contribution in [0.1, 0.15) is 0 Å². The number of benzene rings is 1. The van der Waals surface area contributed by atoms with E-state index in [1.807, 2.05) is 0 Å². The van der Waals surface area contributed by atoms with Crippen molar-refractivity contribution in [3.05, 3.63) is 42.9 Å². The predicted molar refractivity (Wildman–Crippen MR) is 81.2 cm³/mol. The first-order valence-electron chi connectivity index (χ1n) is 6.18. The number of nitrogens with zero attached hydrogens (tertiary/aromatic N) is 5. The van der Waals surface area contributed by atoms with Gasteiger partial charge in [0.2, 0.25) is 0 Å². The van der Waals surface area contributed by atoms with Gasteiger partial charge in [-0.15, -0.1) is 0 Å². The van der Waals surface area contributed by atoms with Crippen molar-refractivity contribution in [2.45, 2.75) is 4.90 Å². The molecule has 0 radical (unpaired) electrons. The molecule has 0 saturated heterocycles. The maximum atomic E-state index is 12.6. The van der Waals surface area contributed by atoms with E-state index in [-0.39, 0.29) is 4.90 Å². The quantitative estimate of drug-likeness (QED) is 0.610. The lowest BCUT2D eigenvalue weighted by Crippen LogP contribution is -2.14. The largest absolute Gasteiger partial charge is 0.276 e. The number of anilines is 1. The molecule has 110 valence electrons. The molecule has 22 heavy (non-hydrogen) atoms. The maximum Gasteiger partial charge on any atom is 0.264 e. The number of rotatable bonds is 3. The summed E-state index contributed by atoms with van der Waals surface area (Å²) in [4.78, 5) is 4.13. The maximum absolute atomic E-state index is 12.6. The van der Waals surface area contributed by atoms with Crippen LogP contribution in [0.25, 0.3) is 16.7 Å². The molecule has 1 N–H and O–H groups in total. The molecule has 10 heteroatoms. The summed E-state index contributed by atoms with van der Waals surface area (Å²) in [6.07, 6.45) is 3.05. The van der Waals surface area contributed by atoms with Crippen LogP contribution in [0.4, 0.5) is 5.69 Å². The highest BCUT2D eigenvalue weighted by Gasteiger charge is 2.21. The van der Waals surface area contributed by atoms with E-state index >= 15 is 0 Å². The van der Waals surface area contributed by atoms with Crippen molar-refractivity contribution in [1.29, 1.82) is 0 Å². The molecule has 0 spiro atoms. The molecule has 0 aliphatic heterocycles. The minimum Gasteiger partial charge on any atom is -0.276 e. The Labute approximate surface area is 128 Å². The molecular formula is C12H8N6O2S2. The average Bonchev–Trinajstić information content (AvgIpc) is 3.15. The first kappa shape index (κ1) is 13.1. The monoisotopic (exact) mass is 332 g/mol. The Morgan fingerprint density at radius 1 is 1.14 bits per heavy atom. The van der Waals surface area contributed by atoms with E-state index in [1.54, 1.807) is 30.5 Å². The van der Waals surface area contributed by atoms with Crippen LogP contribution in [-0.4, -0.2) is 31.8 Å². The molecule has 4 aromatic rings. The molecule has 8 nitrogen and oxygen atoms in total. The molecule has 0 aliphatic rings. The third-order valence-corrected chi connectivity index (χ3v) is 5.03. The van der Waals surface area contributed by atoms with Crippen molar-refractivity contribution >= 4 is 44.1 Å². The number of sulfonamides is 1. The summed E-state index contributed by atoms with van der Waals surface area (Å²) >= 11 is 0.975. The number of hydrogen-bond acceptors (Lipinski definition) is 7. The Kier molecular flexibility index (Phi) is 2.81. The van der Waals surface area contributed by atoms with Crippen LogP contribution in [0.3, 0.4) is 0 Å². The van der Waals surface area contributed by atoms with Crippen molar-refractivity contribution in [1.82, 2.24) is 23.3 Å². The van der Waals surface area contributed by atoms with E-state index in [4.69, 9.17) is 0 Å². The highest BCUT2D eigenvalue weighted by Crippen LogP contribution is 2.24. The fourth-order valence-electron chi connectivity index (χ4n) is 2.12. The van der Waals surface area contributed by atoms with Gasteiger partial charge in [0.15, 0.2) is 5.65 Å². The number of fused-ring (bicyclic) bond motifs is 2. The Balaban J connectivity index is 1.85. The van der Waals surface area contributed by atoms with Crippen LogP contribution in [0.15, 0.2) is 47.8 Å². The van der Waals surface area contributed by atoms with Gasteiger partial charge in [-0.2, -0.15) is 13.8 Å². The molecule has 0 aliphatic carbocycles.